The van der Waals surface area contributed by atoms with Gasteiger partial charge < -0.3 is 14.8 Å². The van der Waals surface area contributed by atoms with Gasteiger partial charge >= 0.3 is 0 Å². The minimum atomic E-state index is 0.740. The van der Waals surface area contributed by atoms with Crippen LogP contribution in [0.2, 0.25) is 0 Å². The van der Waals surface area contributed by atoms with Gasteiger partial charge in [-0.15, -0.1) is 0 Å². The van der Waals surface area contributed by atoms with E-state index in [9.17, 15) is 0 Å². The van der Waals surface area contributed by atoms with Gasteiger partial charge in [-0.05, 0) is 12.1 Å². The molecule has 0 unspecified atom stereocenters. The first kappa shape index (κ1) is 8.96. The Bertz CT molecular complexity index is 305. The molecule has 0 aliphatic carbocycles. The normalized spacial score (nSPS) is 10.6. The topological polar surface area (TPSA) is 66.7 Å². The van der Waals surface area contributed by atoms with Crippen LogP contribution in [-0.2, 0) is 13.0 Å². The monoisotopic (exact) mass is 192 g/mol. The minimum absolute atomic E-state index is 0.740. The van der Waals surface area contributed by atoms with E-state index >= 15 is 0 Å². The zero-order valence-electron chi connectivity index (χ0n) is 7.73. The lowest BCUT2D eigenvalue weighted by Crippen LogP contribution is -2.17. The molecule has 5 heteroatoms. The van der Waals surface area contributed by atoms with Gasteiger partial charge in [0.15, 0.2) is 5.82 Å². The molecule has 0 aliphatic rings. The highest BCUT2D eigenvalue weighted by atomic mass is 16.5. The number of hydrogen-bond donors (Lipinski definition) is 2. The van der Waals surface area contributed by atoms with E-state index in [-0.39, 0.29) is 0 Å². The third-order valence-corrected chi connectivity index (χ3v) is 1.91. The Morgan fingerprint density at radius 3 is 3.21 bits per heavy atom. The third kappa shape index (κ3) is 2.43. The fourth-order valence-corrected chi connectivity index (χ4v) is 1.20. The first-order chi connectivity index (χ1) is 6.95. The number of aromatic nitrogens is 3. The second kappa shape index (κ2) is 4.57. The van der Waals surface area contributed by atoms with E-state index in [1.165, 1.54) is 12.1 Å². The van der Waals surface area contributed by atoms with Crippen molar-refractivity contribution < 1.29 is 4.52 Å². The first-order valence-corrected chi connectivity index (χ1v) is 4.53. The van der Waals surface area contributed by atoms with Gasteiger partial charge in [-0.1, -0.05) is 5.16 Å². The predicted molar refractivity (Wildman–Crippen MR) is 50.5 cm³/mol. The number of hydrogen-bond acceptors (Lipinski definition) is 4. The van der Waals surface area contributed by atoms with Crippen LogP contribution in [0.4, 0.5) is 0 Å². The van der Waals surface area contributed by atoms with E-state index < -0.39 is 0 Å². The Kier molecular flexibility index (Phi) is 2.92. The summed E-state index contributed by atoms with van der Waals surface area (Å²) in [6.45, 7) is 1.68. The molecule has 2 aromatic rings. The van der Waals surface area contributed by atoms with E-state index in [4.69, 9.17) is 0 Å². The zero-order valence-corrected chi connectivity index (χ0v) is 7.73. The number of H-pyrrole nitrogens is 1. The molecular weight excluding hydrogens is 180 g/mol. The van der Waals surface area contributed by atoms with Crippen LogP contribution >= 0.6 is 0 Å². The number of nitrogens with zero attached hydrogens (tertiary/aromatic N) is 2. The second-order valence-electron chi connectivity index (χ2n) is 2.97. The smallest absolute Gasteiger partial charge is 0.213 e. The van der Waals surface area contributed by atoms with Gasteiger partial charge in [0.25, 0.3) is 0 Å². The van der Waals surface area contributed by atoms with Crippen LogP contribution in [0.5, 0.6) is 0 Å². The molecule has 2 N–H and O–H groups in total. The highest BCUT2D eigenvalue weighted by Crippen LogP contribution is 1.93. The van der Waals surface area contributed by atoms with Crippen LogP contribution < -0.4 is 5.32 Å². The van der Waals surface area contributed by atoms with Gasteiger partial charge in [0.2, 0.25) is 6.39 Å². The predicted octanol–water partition coefficient (Wildman–Crippen LogP) is 0.730. The zero-order chi connectivity index (χ0) is 9.64. The van der Waals surface area contributed by atoms with Crippen molar-refractivity contribution in [3.63, 3.8) is 0 Å². The molecule has 2 heterocycles. The molecule has 0 saturated carbocycles. The molecule has 0 saturated heterocycles. The third-order valence-electron chi connectivity index (χ3n) is 1.91. The molecule has 0 radical (unpaired) electrons. The average molecular weight is 192 g/mol. The highest BCUT2D eigenvalue weighted by Gasteiger charge is 1.97. The van der Waals surface area contributed by atoms with Gasteiger partial charge in [-0.2, -0.15) is 4.98 Å². The molecule has 5 nitrogen and oxygen atoms in total. The summed E-state index contributed by atoms with van der Waals surface area (Å²) in [5.74, 6) is 0.740. The first-order valence-electron chi connectivity index (χ1n) is 4.53. The van der Waals surface area contributed by atoms with Crippen molar-refractivity contribution in [3.05, 3.63) is 36.2 Å². The lowest BCUT2D eigenvalue weighted by atomic mass is 10.4. The molecule has 0 aliphatic heterocycles. The molecule has 0 atom stereocenters. The number of rotatable bonds is 5. The molecule has 2 aromatic heterocycles. The fraction of sp³-hybridized carbons (Fsp3) is 0.333. The maximum absolute atomic E-state index is 4.62. The van der Waals surface area contributed by atoms with Gasteiger partial charge in [0.05, 0.1) is 0 Å². The maximum Gasteiger partial charge on any atom is 0.213 e. The summed E-state index contributed by atoms with van der Waals surface area (Å²) in [4.78, 5) is 7.04. The number of nitrogens with one attached hydrogen (secondary N) is 2. The summed E-state index contributed by atoms with van der Waals surface area (Å²) < 4.78 is 4.62. The molecule has 0 spiro atoms. The van der Waals surface area contributed by atoms with Gasteiger partial charge in [0.1, 0.15) is 0 Å². The summed E-state index contributed by atoms with van der Waals surface area (Å²) in [6.07, 6.45) is 4.05. The van der Waals surface area contributed by atoms with E-state index in [0.29, 0.717) is 0 Å². The van der Waals surface area contributed by atoms with Crippen LogP contribution in [0.3, 0.4) is 0 Å². The Hall–Kier alpha value is -1.62. The Balaban J connectivity index is 1.65. The van der Waals surface area contributed by atoms with Gasteiger partial charge in [0, 0.05) is 31.4 Å². The molecule has 14 heavy (non-hydrogen) atoms. The summed E-state index contributed by atoms with van der Waals surface area (Å²) in [5, 5.41) is 6.99. The van der Waals surface area contributed by atoms with E-state index in [0.717, 1.165) is 25.3 Å². The Morgan fingerprint density at radius 1 is 1.50 bits per heavy atom. The highest BCUT2D eigenvalue weighted by molar-refractivity contribution is 5.02. The largest absolute Gasteiger partial charge is 0.364 e. The van der Waals surface area contributed by atoms with Crippen LogP contribution in [0, 0.1) is 0 Å². The molecule has 0 bridgehead atoms. The molecule has 2 rings (SSSR count). The Labute approximate surface area is 81.5 Å². The van der Waals surface area contributed by atoms with Crippen molar-refractivity contribution in [1.82, 2.24) is 20.4 Å². The lowest BCUT2D eigenvalue weighted by Gasteiger charge is -1.99. The van der Waals surface area contributed by atoms with E-state index in [1.807, 2.05) is 18.3 Å². The number of aromatic amines is 1. The standard InChI is InChI=1S/C9H12N4O/c1-2-8(11-4-1)6-10-5-3-9-12-7-14-13-9/h1-2,4,7,10-11H,3,5-6H2. The molecular formula is C9H12N4O. The van der Waals surface area contributed by atoms with Crippen molar-refractivity contribution in [2.24, 2.45) is 0 Å². The Morgan fingerprint density at radius 2 is 2.50 bits per heavy atom. The molecule has 0 aromatic carbocycles. The van der Waals surface area contributed by atoms with Gasteiger partial charge in [-0.3, -0.25) is 0 Å². The van der Waals surface area contributed by atoms with Crippen molar-refractivity contribution in [2.45, 2.75) is 13.0 Å². The average Bonchev–Trinajstić information content (AvgIpc) is 2.86. The summed E-state index contributed by atoms with van der Waals surface area (Å²) >= 11 is 0. The van der Waals surface area contributed by atoms with Crippen LogP contribution in [0.15, 0.2) is 29.2 Å². The van der Waals surface area contributed by atoms with Crippen molar-refractivity contribution in [2.75, 3.05) is 6.54 Å². The van der Waals surface area contributed by atoms with E-state index in [2.05, 4.69) is 25.0 Å². The summed E-state index contributed by atoms with van der Waals surface area (Å²) in [5.41, 5.74) is 1.18. The van der Waals surface area contributed by atoms with Crippen molar-refractivity contribution >= 4 is 0 Å². The van der Waals surface area contributed by atoms with Crippen LogP contribution in [-0.4, -0.2) is 21.7 Å². The summed E-state index contributed by atoms with van der Waals surface area (Å²) in [6, 6.07) is 4.03. The molecule has 0 amide bonds. The maximum atomic E-state index is 4.62. The fourth-order valence-electron chi connectivity index (χ4n) is 1.20. The van der Waals surface area contributed by atoms with Crippen LogP contribution in [0.25, 0.3) is 0 Å². The second-order valence-corrected chi connectivity index (χ2v) is 2.97. The van der Waals surface area contributed by atoms with Gasteiger partial charge in [-0.25, -0.2) is 0 Å². The summed E-state index contributed by atoms with van der Waals surface area (Å²) in [7, 11) is 0. The minimum Gasteiger partial charge on any atom is -0.364 e. The molecule has 74 valence electrons. The van der Waals surface area contributed by atoms with Crippen molar-refractivity contribution in [1.29, 1.82) is 0 Å². The van der Waals surface area contributed by atoms with Crippen LogP contribution in [0.1, 0.15) is 11.5 Å². The quantitative estimate of drug-likeness (QED) is 0.685. The molecule has 0 fully saturated rings. The SMILES string of the molecule is c1c[nH]c(CNCCc2ncon2)c1. The van der Waals surface area contributed by atoms with Crippen molar-refractivity contribution in [3.8, 4) is 0 Å². The lowest BCUT2D eigenvalue weighted by molar-refractivity contribution is 0.409. The van der Waals surface area contributed by atoms with E-state index in [1.54, 1.807) is 0 Å².